The maximum Gasteiger partial charge on any atom is 0.115 e. The molecule has 1 aromatic carbocycles. The van der Waals surface area contributed by atoms with E-state index in [9.17, 15) is 0 Å². The Kier molecular flexibility index (Phi) is 3.27. The molecule has 2 aliphatic rings. The van der Waals surface area contributed by atoms with Gasteiger partial charge in [0.1, 0.15) is 5.69 Å². The minimum absolute atomic E-state index is 0.472. The molecule has 4 atom stereocenters. The van der Waals surface area contributed by atoms with Crippen molar-refractivity contribution in [3.63, 3.8) is 0 Å². The zero-order chi connectivity index (χ0) is 16.2. The Hall–Kier alpha value is -1.81. The highest BCUT2D eigenvalue weighted by molar-refractivity contribution is 5.89. The molecule has 4 unspecified atom stereocenters. The second-order valence-electron chi connectivity index (χ2n) is 7.35. The molecule has 1 N–H and O–H groups in total. The fraction of sp³-hybridized carbons (Fsp3) is 0.526. The fourth-order valence-corrected chi connectivity index (χ4v) is 4.61. The van der Waals surface area contributed by atoms with E-state index in [-0.39, 0.29) is 0 Å². The van der Waals surface area contributed by atoms with Gasteiger partial charge in [0, 0.05) is 36.6 Å². The van der Waals surface area contributed by atoms with Crippen LogP contribution in [0.3, 0.4) is 0 Å². The Morgan fingerprint density at radius 3 is 2.96 bits per heavy atom. The van der Waals surface area contributed by atoms with Gasteiger partial charge in [0.25, 0.3) is 0 Å². The van der Waals surface area contributed by atoms with Crippen LogP contribution >= 0.6 is 0 Å². The molecule has 122 valence electrons. The molecule has 0 saturated carbocycles. The number of fused-ring (bicyclic) bond motifs is 2. The number of hydrogen-bond acceptors (Lipinski definition) is 3. The van der Waals surface area contributed by atoms with E-state index in [1.54, 1.807) is 0 Å². The largest absolute Gasteiger partial charge is 0.384 e. The molecule has 4 nitrogen and oxygen atoms in total. The van der Waals surface area contributed by atoms with Gasteiger partial charge in [-0.3, -0.25) is 9.58 Å². The van der Waals surface area contributed by atoms with E-state index in [0.29, 0.717) is 5.54 Å². The standard InChI is InChI=1S/C19H26N4/c1-13-9-11-19(3)17(23(13)19)10-12-20-14(2)18-15-7-5-6-8-16(15)22(4)21-18/h5-8,13,17,20H,2,9-12H2,1,3-4H3. The number of para-hydroxylation sites is 1. The summed E-state index contributed by atoms with van der Waals surface area (Å²) in [6, 6.07) is 9.82. The average molecular weight is 310 g/mol. The van der Waals surface area contributed by atoms with Gasteiger partial charge >= 0.3 is 0 Å². The number of benzene rings is 1. The number of piperidine rings is 1. The van der Waals surface area contributed by atoms with Crippen LogP contribution in [0.1, 0.15) is 38.8 Å². The third-order valence-corrected chi connectivity index (χ3v) is 5.92. The van der Waals surface area contributed by atoms with Crippen molar-refractivity contribution in [3.05, 3.63) is 36.5 Å². The molecule has 2 saturated heterocycles. The molecule has 3 heterocycles. The highest BCUT2D eigenvalue weighted by atomic mass is 15.4. The molecular weight excluding hydrogens is 284 g/mol. The van der Waals surface area contributed by atoms with Crippen molar-refractivity contribution in [2.75, 3.05) is 6.54 Å². The first-order chi connectivity index (χ1) is 11.0. The summed E-state index contributed by atoms with van der Waals surface area (Å²) in [5, 5.41) is 9.30. The molecule has 0 aliphatic carbocycles. The lowest BCUT2D eigenvalue weighted by Gasteiger charge is -2.12. The molecule has 4 rings (SSSR count). The van der Waals surface area contributed by atoms with Crippen LogP contribution in [0.5, 0.6) is 0 Å². The van der Waals surface area contributed by atoms with Crippen LogP contribution in [0, 0.1) is 0 Å². The first kappa shape index (κ1) is 14.8. The van der Waals surface area contributed by atoms with Gasteiger partial charge in [0.15, 0.2) is 0 Å². The van der Waals surface area contributed by atoms with Crippen molar-refractivity contribution in [2.45, 2.75) is 50.7 Å². The highest BCUT2D eigenvalue weighted by Gasteiger charge is 2.63. The lowest BCUT2D eigenvalue weighted by Crippen LogP contribution is -2.20. The number of hydrogen-bond donors (Lipinski definition) is 1. The van der Waals surface area contributed by atoms with E-state index in [1.807, 2.05) is 17.8 Å². The summed E-state index contributed by atoms with van der Waals surface area (Å²) in [7, 11) is 1.99. The van der Waals surface area contributed by atoms with Gasteiger partial charge in [-0.1, -0.05) is 24.8 Å². The van der Waals surface area contributed by atoms with Crippen LogP contribution in [-0.2, 0) is 7.05 Å². The Bertz CT molecular complexity index is 762. The normalized spacial score (nSPS) is 32.0. The van der Waals surface area contributed by atoms with Crippen LogP contribution < -0.4 is 5.32 Å². The Morgan fingerprint density at radius 1 is 1.43 bits per heavy atom. The Labute approximate surface area is 138 Å². The van der Waals surface area contributed by atoms with Gasteiger partial charge in [0.2, 0.25) is 0 Å². The minimum Gasteiger partial charge on any atom is -0.384 e. The summed E-state index contributed by atoms with van der Waals surface area (Å²) in [5.74, 6) is 0. The summed E-state index contributed by atoms with van der Waals surface area (Å²) in [4.78, 5) is 2.69. The molecule has 0 radical (unpaired) electrons. The predicted molar refractivity (Wildman–Crippen MR) is 95.1 cm³/mol. The molecule has 0 spiro atoms. The maximum atomic E-state index is 4.63. The first-order valence-corrected chi connectivity index (χ1v) is 8.65. The number of aryl methyl sites for hydroxylation is 1. The second-order valence-corrected chi connectivity index (χ2v) is 7.35. The van der Waals surface area contributed by atoms with Crippen LogP contribution in [0.4, 0.5) is 0 Å². The van der Waals surface area contributed by atoms with Crippen LogP contribution in [0.2, 0.25) is 0 Å². The Balaban J connectivity index is 1.39. The maximum absolute atomic E-state index is 4.63. The van der Waals surface area contributed by atoms with Crippen molar-refractivity contribution in [2.24, 2.45) is 7.05 Å². The van der Waals surface area contributed by atoms with E-state index in [2.05, 4.69) is 53.9 Å². The van der Waals surface area contributed by atoms with Gasteiger partial charge in [-0.05, 0) is 39.2 Å². The van der Waals surface area contributed by atoms with Crippen molar-refractivity contribution in [1.82, 2.24) is 20.0 Å². The number of rotatable bonds is 5. The summed E-state index contributed by atoms with van der Waals surface area (Å²) in [5.41, 5.74) is 3.52. The monoisotopic (exact) mass is 310 g/mol. The van der Waals surface area contributed by atoms with Crippen molar-refractivity contribution >= 4 is 16.6 Å². The summed E-state index contributed by atoms with van der Waals surface area (Å²) < 4.78 is 1.93. The molecular formula is C19H26N4. The van der Waals surface area contributed by atoms with Crippen molar-refractivity contribution < 1.29 is 0 Å². The zero-order valence-corrected chi connectivity index (χ0v) is 14.3. The van der Waals surface area contributed by atoms with Crippen LogP contribution in [-0.4, -0.2) is 38.8 Å². The molecule has 23 heavy (non-hydrogen) atoms. The Morgan fingerprint density at radius 2 is 2.22 bits per heavy atom. The molecule has 4 heteroatoms. The lowest BCUT2D eigenvalue weighted by atomic mass is 9.99. The van der Waals surface area contributed by atoms with Crippen molar-refractivity contribution in [1.29, 1.82) is 0 Å². The number of nitrogens with zero attached hydrogens (tertiary/aromatic N) is 3. The molecule has 2 fully saturated rings. The highest BCUT2D eigenvalue weighted by Crippen LogP contribution is 2.54. The van der Waals surface area contributed by atoms with E-state index in [4.69, 9.17) is 0 Å². The second kappa shape index (κ2) is 5.10. The van der Waals surface area contributed by atoms with Gasteiger partial charge < -0.3 is 5.32 Å². The van der Waals surface area contributed by atoms with Gasteiger partial charge in [-0.15, -0.1) is 0 Å². The zero-order valence-electron chi connectivity index (χ0n) is 14.3. The van der Waals surface area contributed by atoms with E-state index in [1.165, 1.54) is 24.6 Å². The smallest absolute Gasteiger partial charge is 0.115 e. The van der Waals surface area contributed by atoms with Crippen LogP contribution in [0.25, 0.3) is 16.6 Å². The van der Waals surface area contributed by atoms with E-state index in [0.717, 1.165) is 35.5 Å². The lowest BCUT2D eigenvalue weighted by molar-refractivity contribution is 0.395. The molecule has 2 aliphatic heterocycles. The SMILES string of the molecule is C=C(NCCC1N2C(C)CCC12C)c1nn(C)c2ccccc12. The average Bonchev–Trinajstić information content (AvgIpc) is 2.81. The van der Waals surface area contributed by atoms with Gasteiger partial charge in [0.05, 0.1) is 11.2 Å². The predicted octanol–water partition coefficient (Wildman–Crippen LogP) is 3.15. The van der Waals surface area contributed by atoms with Gasteiger partial charge in [-0.2, -0.15) is 5.10 Å². The summed E-state index contributed by atoms with van der Waals surface area (Å²) in [6.45, 7) is 9.95. The molecule has 0 amide bonds. The summed E-state index contributed by atoms with van der Waals surface area (Å²) >= 11 is 0. The topological polar surface area (TPSA) is 32.9 Å². The minimum atomic E-state index is 0.472. The van der Waals surface area contributed by atoms with E-state index < -0.39 is 0 Å². The number of nitrogens with one attached hydrogen (secondary N) is 1. The number of aromatic nitrogens is 2. The quantitative estimate of drug-likeness (QED) is 0.861. The van der Waals surface area contributed by atoms with Crippen LogP contribution in [0.15, 0.2) is 30.8 Å². The van der Waals surface area contributed by atoms with Gasteiger partial charge in [-0.25, -0.2) is 0 Å². The third-order valence-electron chi connectivity index (χ3n) is 5.92. The molecule has 0 bridgehead atoms. The van der Waals surface area contributed by atoms with E-state index >= 15 is 0 Å². The molecule has 1 aromatic heterocycles. The fourth-order valence-electron chi connectivity index (χ4n) is 4.61. The summed E-state index contributed by atoms with van der Waals surface area (Å²) in [6.07, 6.45) is 3.89. The first-order valence-electron chi connectivity index (χ1n) is 8.65. The van der Waals surface area contributed by atoms with Crippen molar-refractivity contribution in [3.8, 4) is 0 Å². The third kappa shape index (κ3) is 2.19. The molecule has 2 aromatic rings.